The van der Waals surface area contributed by atoms with Gasteiger partial charge in [-0.2, -0.15) is 0 Å². The van der Waals surface area contributed by atoms with Crippen LogP contribution >= 0.6 is 0 Å². The fraction of sp³-hybridized carbons (Fsp3) is 0.700. The number of nitrogens with one attached hydrogen (secondary N) is 1. The van der Waals surface area contributed by atoms with Crippen molar-refractivity contribution >= 4 is 5.69 Å². The molecule has 1 aromatic carbocycles. The van der Waals surface area contributed by atoms with Gasteiger partial charge in [0.05, 0.1) is 25.4 Å². The first kappa shape index (κ1) is 17.6. The first-order chi connectivity index (χ1) is 11.6. The zero-order chi connectivity index (χ0) is 17.0. The van der Waals surface area contributed by atoms with E-state index in [0.717, 1.165) is 30.4 Å². The van der Waals surface area contributed by atoms with Crippen molar-refractivity contribution < 1.29 is 9.47 Å². The fourth-order valence-corrected chi connectivity index (χ4v) is 3.86. The van der Waals surface area contributed by atoms with Crippen LogP contribution in [0, 0.1) is 5.92 Å². The normalized spacial score (nSPS) is 23.8. The van der Waals surface area contributed by atoms with E-state index in [9.17, 15) is 0 Å². The minimum absolute atomic E-state index is 0.102. The summed E-state index contributed by atoms with van der Waals surface area (Å²) < 4.78 is 11.6. The van der Waals surface area contributed by atoms with Crippen molar-refractivity contribution in [3.63, 3.8) is 0 Å². The van der Waals surface area contributed by atoms with Crippen LogP contribution in [0.1, 0.15) is 39.5 Å². The van der Waals surface area contributed by atoms with Gasteiger partial charge in [0, 0.05) is 24.8 Å². The van der Waals surface area contributed by atoms with Gasteiger partial charge in [-0.1, -0.05) is 19.9 Å². The molecular weight excluding hydrogens is 300 g/mol. The molecule has 1 atom stereocenters. The van der Waals surface area contributed by atoms with Gasteiger partial charge in [-0.05, 0) is 50.3 Å². The summed E-state index contributed by atoms with van der Waals surface area (Å²) >= 11 is 0. The average molecular weight is 332 g/mol. The second kappa shape index (κ2) is 7.75. The number of likely N-dealkylation sites (tertiary alicyclic amines) is 1. The number of nitrogens with zero attached hydrogens (tertiary/aromatic N) is 1. The number of hydrogen-bond acceptors (Lipinski definition) is 4. The zero-order valence-corrected chi connectivity index (χ0v) is 15.4. The Morgan fingerprint density at radius 3 is 2.83 bits per heavy atom. The summed E-state index contributed by atoms with van der Waals surface area (Å²) in [6.45, 7) is 9.01. The Kier molecular flexibility index (Phi) is 5.67. The number of piperidine rings is 1. The minimum atomic E-state index is 0.102. The maximum Gasteiger partial charge on any atom is 0.120 e. The summed E-state index contributed by atoms with van der Waals surface area (Å²) in [7, 11) is 1.71. The van der Waals surface area contributed by atoms with Gasteiger partial charge in [0.2, 0.25) is 0 Å². The van der Waals surface area contributed by atoms with Crippen LogP contribution in [0.4, 0.5) is 5.69 Å². The molecule has 0 saturated carbocycles. The van der Waals surface area contributed by atoms with E-state index in [-0.39, 0.29) is 5.60 Å². The third kappa shape index (κ3) is 4.42. The van der Waals surface area contributed by atoms with Gasteiger partial charge in [-0.3, -0.25) is 0 Å². The van der Waals surface area contributed by atoms with Crippen LogP contribution < -0.4 is 10.1 Å². The Morgan fingerprint density at radius 2 is 2.12 bits per heavy atom. The minimum Gasteiger partial charge on any atom is -0.497 e. The molecule has 0 aliphatic carbocycles. The molecule has 2 fully saturated rings. The second-order valence-electron chi connectivity index (χ2n) is 7.80. The third-order valence-corrected chi connectivity index (χ3v) is 5.44. The van der Waals surface area contributed by atoms with Gasteiger partial charge in [0.1, 0.15) is 5.75 Å². The lowest BCUT2D eigenvalue weighted by Gasteiger charge is -2.39. The summed E-state index contributed by atoms with van der Waals surface area (Å²) in [6.07, 6.45) is 4.75. The maximum atomic E-state index is 6.28. The van der Waals surface area contributed by atoms with Gasteiger partial charge in [0.15, 0.2) is 0 Å². The molecule has 2 saturated heterocycles. The monoisotopic (exact) mass is 332 g/mol. The summed E-state index contributed by atoms with van der Waals surface area (Å²) in [4.78, 5) is 2.61. The summed E-state index contributed by atoms with van der Waals surface area (Å²) in [5.74, 6) is 1.69. The number of rotatable bonds is 6. The molecule has 4 heteroatoms. The van der Waals surface area contributed by atoms with Gasteiger partial charge < -0.3 is 19.7 Å². The highest BCUT2D eigenvalue weighted by molar-refractivity contribution is 5.49. The first-order valence-corrected chi connectivity index (χ1v) is 9.35. The second-order valence-corrected chi connectivity index (χ2v) is 7.80. The molecule has 3 rings (SSSR count). The van der Waals surface area contributed by atoms with Crippen molar-refractivity contribution in [3.05, 3.63) is 24.3 Å². The molecule has 0 radical (unpaired) electrons. The lowest BCUT2D eigenvalue weighted by molar-refractivity contribution is -0.0438. The molecule has 0 unspecified atom stereocenters. The van der Waals surface area contributed by atoms with Gasteiger partial charge in [0.25, 0.3) is 0 Å². The molecule has 0 aromatic heterocycles. The Labute approximate surface area is 146 Å². The molecule has 134 valence electrons. The predicted molar refractivity (Wildman–Crippen MR) is 98.8 cm³/mol. The maximum absolute atomic E-state index is 6.28. The molecular formula is C20H32N2O2. The quantitative estimate of drug-likeness (QED) is 0.860. The van der Waals surface area contributed by atoms with Crippen molar-refractivity contribution in [1.82, 2.24) is 4.90 Å². The zero-order valence-electron chi connectivity index (χ0n) is 15.4. The molecule has 1 N–H and O–H groups in total. The Bertz CT molecular complexity index is 524. The Morgan fingerprint density at radius 1 is 1.33 bits per heavy atom. The van der Waals surface area contributed by atoms with Gasteiger partial charge >= 0.3 is 0 Å². The number of anilines is 1. The third-order valence-electron chi connectivity index (χ3n) is 5.44. The van der Waals surface area contributed by atoms with Gasteiger partial charge in [-0.25, -0.2) is 0 Å². The lowest BCUT2D eigenvalue weighted by Crippen LogP contribution is -2.44. The first-order valence-electron chi connectivity index (χ1n) is 9.35. The van der Waals surface area contributed by atoms with E-state index < -0.39 is 0 Å². The molecule has 4 nitrogen and oxygen atoms in total. The number of benzene rings is 1. The van der Waals surface area contributed by atoms with Crippen LogP contribution in [-0.2, 0) is 4.74 Å². The standard InChI is InChI=1S/C20H32N2O2/c1-16(2)7-10-22-11-8-20(9-12-22)14-18(15-24-20)21-17-5-4-6-19(13-17)23-3/h4-6,13,16,18,21H,7-12,14-15H2,1-3H3/t18-/m0/s1. The van der Waals surface area contributed by atoms with E-state index in [0.29, 0.717) is 6.04 Å². The van der Waals surface area contributed by atoms with E-state index in [1.165, 1.54) is 38.9 Å². The average Bonchev–Trinajstić information content (AvgIpc) is 2.97. The van der Waals surface area contributed by atoms with Crippen LogP contribution in [0.25, 0.3) is 0 Å². The van der Waals surface area contributed by atoms with Crippen LogP contribution in [0.15, 0.2) is 24.3 Å². The van der Waals surface area contributed by atoms with Crippen molar-refractivity contribution in [1.29, 1.82) is 0 Å². The van der Waals surface area contributed by atoms with Crippen molar-refractivity contribution in [3.8, 4) is 5.75 Å². The molecule has 1 spiro atoms. The lowest BCUT2D eigenvalue weighted by atomic mass is 9.87. The topological polar surface area (TPSA) is 33.7 Å². The van der Waals surface area contributed by atoms with E-state index in [4.69, 9.17) is 9.47 Å². The highest BCUT2D eigenvalue weighted by Gasteiger charge is 2.42. The fourth-order valence-electron chi connectivity index (χ4n) is 3.86. The Hall–Kier alpha value is -1.26. The predicted octanol–water partition coefficient (Wildman–Crippen LogP) is 3.78. The summed E-state index contributed by atoms with van der Waals surface area (Å²) in [6, 6.07) is 8.56. The van der Waals surface area contributed by atoms with Crippen LogP contribution in [0.5, 0.6) is 5.75 Å². The van der Waals surface area contributed by atoms with Gasteiger partial charge in [-0.15, -0.1) is 0 Å². The van der Waals surface area contributed by atoms with E-state index in [1.54, 1.807) is 7.11 Å². The SMILES string of the molecule is COc1cccc(N[C@@H]2COC3(CCN(CCC(C)C)CC3)C2)c1. The smallest absolute Gasteiger partial charge is 0.120 e. The van der Waals surface area contributed by atoms with Crippen LogP contribution in [0.3, 0.4) is 0 Å². The number of methoxy groups -OCH3 is 1. The van der Waals surface area contributed by atoms with E-state index in [2.05, 4.69) is 36.2 Å². The largest absolute Gasteiger partial charge is 0.497 e. The van der Waals surface area contributed by atoms with Crippen LogP contribution in [-0.4, -0.2) is 49.9 Å². The summed E-state index contributed by atoms with van der Waals surface area (Å²) in [5.41, 5.74) is 1.22. The highest BCUT2D eigenvalue weighted by Crippen LogP contribution is 2.37. The highest BCUT2D eigenvalue weighted by atomic mass is 16.5. The molecule has 0 bridgehead atoms. The van der Waals surface area contributed by atoms with Crippen LogP contribution in [0.2, 0.25) is 0 Å². The molecule has 2 aliphatic heterocycles. The summed E-state index contributed by atoms with van der Waals surface area (Å²) in [5, 5.41) is 3.62. The van der Waals surface area contributed by atoms with Crippen molar-refractivity contribution in [2.75, 3.05) is 38.7 Å². The molecule has 0 amide bonds. The molecule has 2 aliphatic rings. The number of ether oxygens (including phenoxy) is 2. The van der Waals surface area contributed by atoms with E-state index >= 15 is 0 Å². The van der Waals surface area contributed by atoms with Crippen molar-refractivity contribution in [2.24, 2.45) is 5.92 Å². The molecule has 1 aromatic rings. The van der Waals surface area contributed by atoms with Crippen molar-refractivity contribution in [2.45, 2.75) is 51.2 Å². The molecule has 2 heterocycles. The number of hydrogen-bond donors (Lipinski definition) is 1. The Balaban J connectivity index is 1.48. The molecule has 24 heavy (non-hydrogen) atoms. The van der Waals surface area contributed by atoms with E-state index in [1.807, 2.05) is 12.1 Å².